The Kier molecular flexibility index (Phi) is 3.88. The highest BCUT2D eigenvalue weighted by atomic mass is 32.2. The van der Waals surface area contributed by atoms with Gasteiger partial charge in [-0.1, -0.05) is 0 Å². The highest BCUT2D eigenvalue weighted by Gasteiger charge is 2.19. The summed E-state index contributed by atoms with van der Waals surface area (Å²) in [6.07, 6.45) is 0. The van der Waals surface area contributed by atoms with Gasteiger partial charge in [0.2, 0.25) is 10.0 Å². The topological polar surface area (TPSA) is 72.2 Å². The van der Waals surface area contributed by atoms with E-state index in [-0.39, 0.29) is 6.54 Å². The smallest absolute Gasteiger partial charge is 0.236 e. The third-order valence-electron chi connectivity index (χ3n) is 2.30. The second kappa shape index (κ2) is 4.80. The van der Waals surface area contributed by atoms with Crippen LogP contribution in [0.4, 0.5) is 10.1 Å². The molecule has 0 aromatic heterocycles. The van der Waals surface area contributed by atoms with E-state index in [2.05, 4.69) is 4.72 Å². The average molecular weight is 246 g/mol. The van der Waals surface area contributed by atoms with Crippen molar-refractivity contribution in [3.8, 4) is 0 Å². The fraction of sp³-hybridized carbons (Fsp3) is 0.400. The lowest BCUT2D eigenvalue weighted by Crippen LogP contribution is -2.31. The van der Waals surface area contributed by atoms with Crippen molar-refractivity contribution >= 4 is 15.7 Å². The summed E-state index contributed by atoms with van der Waals surface area (Å²) < 4.78 is 38.6. The molecule has 0 bridgehead atoms. The predicted octanol–water partition coefficient (Wildman–Crippen LogP) is 1.22. The van der Waals surface area contributed by atoms with Gasteiger partial charge in [0.15, 0.2) is 0 Å². The number of nitrogens with one attached hydrogen (secondary N) is 1. The van der Waals surface area contributed by atoms with Crippen molar-refractivity contribution < 1.29 is 12.8 Å². The Morgan fingerprint density at radius 1 is 1.50 bits per heavy atom. The van der Waals surface area contributed by atoms with Crippen LogP contribution in [0.1, 0.15) is 12.5 Å². The van der Waals surface area contributed by atoms with Gasteiger partial charge in [-0.3, -0.25) is 4.72 Å². The normalized spacial score (nSPS) is 13.5. The summed E-state index contributed by atoms with van der Waals surface area (Å²) in [4.78, 5) is 0. The minimum atomic E-state index is -3.50. The Bertz CT molecular complexity index is 474. The van der Waals surface area contributed by atoms with Gasteiger partial charge in [-0.05, 0) is 37.6 Å². The van der Waals surface area contributed by atoms with E-state index in [0.717, 1.165) is 0 Å². The number of nitrogens with two attached hydrogens (primary N) is 1. The summed E-state index contributed by atoms with van der Waals surface area (Å²) in [7, 11) is -3.50. The SMILES string of the molecule is Cc1cc(F)ccc1NS(=O)(=O)C(C)CN. The molecule has 90 valence electrons. The number of benzene rings is 1. The molecule has 3 N–H and O–H groups in total. The molecule has 1 unspecified atom stereocenters. The number of anilines is 1. The average Bonchev–Trinajstić information content (AvgIpc) is 2.21. The summed E-state index contributed by atoms with van der Waals surface area (Å²) >= 11 is 0. The maximum absolute atomic E-state index is 12.8. The fourth-order valence-electron chi connectivity index (χ4n) is 1.12. The van der Waals surface area contributed by atoms with Crippen molar-refractivity contribution in [1.29, 1.82) is 0 Å². The Morgan fingerprint density at radius 3 is 2.62 bits per heavy atom. The molecule has 1 rings (SSSR count). The Balaban J connectivity index is 2.97. The largest absolute Gasteiger partial charge is 0.329 e. The van der Waals surface area contributed by atoms with Crippen LogP contribution in [0.25, 0.3) is 0 Å². The molecular weight excluding hydrogens is 231 g/mol. The molecule has 0 spiro atoms. The highest BCUT2D eigenvalue weighted by Crippen LogP contribution is 2.18. The van der Waals surface area contributed by atoms with Gasteiger partial charge in [-0.25, -0.2) is 12.8 Å². The molecule has 0 aliphatic carbocycles. The molecule has 1 atom stereocenters. The van der Waals surface area contributed by atoms with Crippen molar-refractivity contribution in [1.82, 2.24) is 0 Å². The number of hydrogen-bond donors (Lipinski definition) is 2. The first-order chi connectivity index (χ1) is 7.36. The number of rotatable bonds is 4. The van der Waals surface area contributed by atoms with Gasteiger partial charge in [0.1, 0.15) is 5.82 Å². The Hall–Kier alpha value is -1.14. The van der Waals surface area contributed by atoms with Crippen molar-refractivity contribution in [2.45, 2.75) is 19.1 Å². The molecule has 0 amide bonds. The van der Waals surface area contributed by atoms with Crippen molar-refractivity contribution in [3.63, 3.8) is 0 Å². The van der Waals surface area contributed by atoms with Crippen LogP contribution in [0, 0.1) is 12.7 Å². The number of halogens is 1. The first kappa shape index (κ1) is 12.9. The molecule has 1 aromatic rings. The van der Waals surface area contributed by atoms with E-state index in [9.17, 15) is 12.8 Å². The number of hydrogen-bond acceptors (Lipinski definition) is 3. The second-order valence-electron chi connectivity index (χ2n) is 3.65. The monoisotopic (exact) mass is 246 g/mol. The molecule has 6 heteroatoms. The van der Waals surface area contributed by atoms with E-state index in [4.69, 9.17) is 5.73 Å². The van der Waals surface area contributed by atoms with Crippen LogP contribution < -0.4 is 10.5 Å². The van der Waals surface area contributed by atoms with E-state index >= 15 is 0 Å². The highest BCUT2D eigenvalue weighted by molar-refractivity contribution is 7.93. The zero-order valence-electron chi connectivity index (χ0n) is 9.20. The minimum absolute atomic E-state index is 0.0373. The van der Waals surface area contributed by atoms with Crippen LogP contribution >= 0.6 is 0 Å². The standard InChI is InChI=1S/C10H15FN2O2S/c1-7-5-9(11)3-4-10(7)13-16(14,15)8(2)6-12/h3-5,8,13H,6,12H2,1-2H3. The van der Waals surface area contributed by atoms with Crippen molar-refractivity contribution in [2.75, 3.05) is 11.3 Å². The van der Waals surface area contributed by atoms with E-state index < -0.39 is 21.1 Å². The number of aryl methyl sites for hydroxylation is 1. The lowest BCUT2D eigenvalue weighted by molar-refractivity contribution is 0.589. The first-order valence-electron chi connectivity index (χ1n) is 4.84. The van der Waals surface area contributed by atoms with E-state index in [1.54, 1.807) is 6.92 Å². The molecule has 1 aromatic carbocycles. The molecule has 0 fully saturated rings. The molecule has 0 aliphatic rings. The fourth-order valence-corrected chi connectivity index (χ4v) is 2.11. The van der Waals surface area contributed by atoms with Gasteiger partial charge in [-0.2, -0.15) is 0 Å². The first-order valence-corrected chi connectivity index (χ1v) is 6.39. The molecule has 0 radical (unpaired) electrons. The summed E-state index contributed by atoms with van der Waals surface area (Å²) in [5.74, 6) is -0.396. The Morgan fingerprint density at radius 2 is 2.12 bits per heavy atom. The van der Waals surface area contributed by atoms with Gasteiger partial charge >= 0.3 is 0 Å². The van der Waals surface area contributed by atoms with Gasteiger partial charge in [0.05, 0.1) is 10.9 Å². The maximum Gasteiger partial charge on any atom is 0.236 e. The minimum Gasteiger partial charge on any atom is -0.329 e. The van der Waals surface area contributed by atoms with Crippen molar-refractivity contribution in [3.05, 3.63) is 29.6 Å². The molecular formula is C10H15FN2O2S. The maximum atomic E-state index is 12.8. The van der Waals surface area contributed by atoms with Gasteiger partial charge in [0, 0.05) is 6.54 Å². The van der Waals surface area contributed by atoms with Gasteiger partial charge in [0.25, 0.3) is 0 Å². The summed E-state index contributed by atoms with van der Waals surface area (Å²) in [5.41, 5.74) is 6.21. The molecule has 0 aliphatic heterocycles. The molecule has 0 heterocycles. The van der Waals surface area contributed by atoms with E-state index in [0.29, 0.717) is 11.3 Å². The quantitative estimate of drug-likeness (QED) is 0.839. The summed E-state index contributed by atoms with van der Waals surface area (Å²) in [6, 6.07) is 3.87. The van der Waals surface area contributed by atoms with Gasteiger partial charge in [-0.15, -0.1) is 0 Å². The molecule has 0 saturated heterocycles. The number of sulfonamides is 1. The van der Waals surface area contributed by atoms with E-state index in [1.165, 1.54) is 25.1 Å². The Labute approximate surface area is 94.7 Å². The van der Waals surface area contributed by atoms with Crippen LogP contribution in [-0.2, 0) is 10.0 Å². The molecule has 0 saturated carbocycles. The molecule has 16 heavy (non-hydrogen) atoms. The summed E-state index contributed by atoms with van der Waals surface area (Å²) in [5, 5.41) is -0.683. The van der Waals surface area contributed by atoms with Crippen LogP contribution in [0.5, 0.6) is 0 Å². The van der Waals surface area contributed by atoms with Gasteiger partial charge < -0.3 is 5.73 Å². The third-order valence-corrected chi connectivity index (χ3v) is 4.06. The van der Waals surface area contributed by atoms with Crippen LogP contribution in [-0.4, -0.2) is 20.2 Å². The zero-order valence-corrected chi connectivity index (χ0v) is 10.0. The predicted molar refractivity (Wildman–Crippen MR) is 62.2 cm³/mol. The second-order valence-corrected chi connectivity index (χ2v) is 5.75. The lowest BCUT2D eigenvalue weighted by atomic mass is 10.2. The van der Waals surface area contributed by atoms with Crippen LogP contribution in [0.3, 0.4) is 0 Å². The zero-order chi connectivity index (χ0) is 12.3. The lowest BCUT2D eigenvalue weighted by Gasteiger charge is -2.14. The van der Waals surface area contributed by atoms with Crippen molar-refractivity contribution in [2.24, 2.45) is 5.73 Å². The van der Waals surface area contributed by atoms with Crippen LogP contribution in [0.15, 0.2) is 18.2 Å². The van der Waals surface area contributed by atoms with Crippen LogP contribution in [0.2, 0.25) is 0 Å². The summed E-state index contributed by atoms with van der Waals surface area (Å²) in [6.45, 7) is 3.19. The van der Waals surface area contributed by atoms with E-state index in [1.807, 2.05) is 0 Å². The molecule has 4 nitrogen and oxygen atoms in total. The third kappa shape index (κ3) is 2.93.